The highest BCUT2D eigenvalue weighted by molar-refractivity contribution is 5.92. The molecule has 1 amide bonds. The van der Waals surface area contributed by atoms with Crippen molar-refractivity contribution in [3.63, 3.8) is 0 Å². The minimum atomic E-state index is -0.395. The van der Waals surface area contributed by atoms with Crippen LogP contribution in [0.5, 0.6) is 11.5 Å². The topological polar surface area (TPSA) is 107 Å². The Hall–Kier alpha value is -2.83. The highest BCUT2D eigenvalue weighted by atomic mass is 16.3. The van der Waals surface area contributed by atoms with Gasteiger partial charge in [-0.1, -0.05) is 24.3 Å². The second kappa shape index (κ2) is 8.91. The van der Waals surface area contributed by atoms with Crippen LogP contribution in [0.25, 0.3) is 6.08 Å². The number of rotatable bonds is 5. The quantitative estimate of drug-likeness (QED) is 0.469. The number of aromatic hydroxyl groups is 2. The predicted molar refractivity (Wildman–Crippen MR) is 108 cm³/mol. The first-order valence-electron chi connectivity index (χ1n) is 9.43. The number of carbonyl (C=O) groups excluding carboxylic acids is 1. The molecule has 2 aromatic carbocycles. The molecule has 0 aromatic heterocycles. The third-order valence-corrected chi connectivity index (χ3v) is 5.24. The van der Waals surface area contributed by atoms with Gasteiger partial charge in [-0.2, -0.15) is 0 Å². The molecule has 0 aliphatic carbocycles. The second-order valence-corrected chi connectivity index (χ2v) is 7.09. The minimum absolute atomic E-state index is 0.0905. The van der Waals surface area contributed by atoms with Crippen molar-refractivity contribution in [3.05, 3.63) is 64.7 Å². The van der Waals surface area contributed by atoms with Crippen molar-refractivity contribution < 1.29 is 20.1 Å². The van der Waals surface area contributed by atoms with Crippen LogP contribution < -0.4 is 5.73 Å². The molecule has 148 valence electrons. The van der Waals surface area contributed by atoms with E-state index < -0.39 is 6.61 Å². The van der Waals surface area contributed by atoms with Crippen molar-refractivity contribution in [1.29, 1.82) is 0 Å². The van der Waals surface area contributed by atoms with Crippen molar-refractivity contribution >= 4 is 12.0 Å². The van der Waals surface area contributed by atoms with Gasteiger partial charge in [0, 0.05) is 31.3 Å². The lowest BCUT2D eigenvalue weighted by Gasteiger charge is -2.31. The number of hydrogen-bond donors (Lipinski definition) is 4. The Morgan fingerprint density at radius 2 is 1.93 bits per heavy atom. The molecule has 5 N–H and O–H groups in total. The van der Waals surface area contributed by atoms with Crippen LogP contribution in [0.1, 0.15) is 41.0 Å². The fourth-order valence-electron chi connectivity index (χ4n) is 3.60. The third-order valence-electron chi connectivity index (χ3n) is 5.24. The van der Waals surface area contributed by atoms with Crippen LogP contribution in [-0.2, 0) is 17.9 Å². The van der Waals surface area contributed by atoms with Crippen LogP contribution in [0.15, 0.2) is 42.5 Å². The lowest BCUT2D eigenvalue weighted by Crippen LogP contribution is -2.36. The summed E-state index contributed by atoms with van der Waals surface area (Å²) in [5, 5.41) is 28.6. The number of phenolic OH excluding ortho intramolecular Hbond substituents is 1. The van der Waals surface area contributed by atoms with Gasteiger partial charge < -0.3 is 26.0 Å². The summed E-state index contributed by atoms with van der Waals surface area (Å²) in [5.74, 6) is -0.320. The first kappa shape index (κ1) is 19.9. The number of aliphatic hydroxyl groups is 1. The van der Waals surface area contributed by atoms with E-state index in [1.54, 1.807) is 6.08 Å². The molecule has 0 saturated carbocycles. The molecule has 3 rings (SSSR count). The van der Waals surface area contributed by atoms with Crippen LogP contribution in [0, 0.1) is 0 Å². The van der Waals surface area contributed by atoms with Crippen LogP contribution in [-0.4, -0.2) is 39.2 Å². The maximum absolute atomic E-state index is 12.5. The summed E-state index contributed by atoms with van der Waals surface area (Å²) >= 11 is 0. The van der Waals surface area contributed by atoms with Gasteiger partial charge in [0.1, 0.15) is 0 Å². The normalized spacial score (nSPS) is 15.3. The number of carbonyl (C=O) groups is 1. The van der Waals surface area contributed by atoms with Gasteiger partial charge in [-0.05, 0) is 53.7 Å². The second-order valence-electron chi connectivity index (χ2n) is 7.09. The van der Waals surface area contributed by atoms with E-state index in [4.69, 9.17) is 5.73 Å². The summed E-state index contributed by atoms with van der Waals surface area (Å²) < 4.78 is 0. The van der Waals surface area contributed by atoms with Crippen LogP contribution in [0.2, 0.25) is 0 Å². The molecular weight excluding hydrogens is 356 g/mol. The van der Waals surface area contributed by atoms with Crippen molar-refractivity contribution in [1.82, 2.24) is 4.90 Å². The van der Waals surface area contributed by atoms with Crippen molar-refractivity contribution in [2.24, 2.45) is 5.73 Å². The Morgan fingerprint density at radius 1 is 1.18 bits per heavy atom. The monoisotopic (exact) mass is 382 g/mol. The third kappa shape index (κ3) is 4.52. The molecule has 1 saturated heterocycles. The van der Waals surface area contributed by atoms with E-state index in [9.17, 15) is 20.1 Å². The smallest absolute Gasteiger partial charge is 0.246 e. The maximum Gasteiger partial charge on any atom is 0.246 e. The number of amides is 1. The fraction of sp³-hybridized carbons (Fsp3) is 0.318. The number of phenols is 2. The van der Waals surface area contributed by atoms with Gasteiger partial charge in [0.25, 0.3) is 0 Å². The number of aliphatic hydroxyl groups excluding tert-OH is 1. The Labute approximate surface area is 164 Å². The highest BCUT2D eigenvalue weighted by Crippen LogP contribution is 2.31. The minimum Gasteiger partial charge on any atom is -0.504 e. The van der Waals surface area contributed by atoms with E-state index in [0.29, 0.717) is 31.1 Å². The molecule has 1 aliphatic heterocycles. The molecule has 1 fully saturated rings. The van der Waals surface area contributed by atoms with Crippen LogP contribution in [0.4, 0.5) is 0 Å². The van der Waals surface area contributed by atoms with Crippen molar-refractivity contribution in [3.8, 4) is 11.5 Å². The number of likely N-dealkylation sites (tertiary alicyclic amines) is 1. The number of hydrogen-bond acceptors (Lipinski definition) is 5. The molecule has 0 bridgehead atoms. The largest absolute Gasteiger partial charge is 0.504 e. The van der Waals surface area contributed by atoms with Crippen molar-refractivity contribution in [2.75, 3.05) is 13.1 Å². The van der Waals surface area contributed by atoms with Gasteiger partial charge in [0.05, 0.1) is 6.61 Å². The average Bonchev–Trinajstić information content (AvgIpc) is 2.74. The van der Waals surface area contributed by atoms with E-state index in [0.717, 1.165) is 18.4 Å². The summed E-state index contributed by atoms with van der Waals surface area (Å²) in [6.45, 7) is 1.50. The van der Waals surface area contributed by atoms with Crippen LogP contribution >= 0.6 is 0 Å². The highest BCUT2D eigenvalue weighted by Gasteiger charge is 2.22. The van der Waals surface area contributed by atoms with E-state index in [1.807, 2.05) is 17.0 Å². The molecular formula is C22H26N2O4. The molecule has 6 heteroatoms. The Kier molecular flexibility index (Phi) is 6.34. The first-order valence-corrected chi connectivity index (χ1v) is 9.43. The molecule has 6 nitrogen and oxygen atoms in total. The average molecular weight is 382 g/mol. The van der Waals surface area contributed by atoms with Gasteiger partial charge in [-0.15, -0.1) is 0 Å². The van der Waals surface area contributed by atoms with E-state index in [-0.39, 0.29) is 23.0 Å². The SMILES string of the molecule is NCc1cccc(C2CCN(C(=O)C=Cc3cc(O)c(O)c(CO)c3)CC2)c1. The maximum atomic E-state index is 12.5. The van der Waals surface area contributed by atoms with E-state index >= 15 is 0 Å². The Bertz CT molecular complexity index is 871. The first-order chi connectivity index (χ1) is 13.5. The molecule has 1 heterocycles. The molecule has 0 spiro atoms. The van der Waals surface area contributed by atoms with Gasteiger partial charge in [-0.3, -0.25) is 4.79 Å². The molecule has 28 heavy (non-hydrogen) atoms. The molecule has 0 atom stereocenters. The van der Waals surface area contributed by atoms with E-state index in [1.165, 1.54) is 23.8 Å². The Morgan fingerprint density at radius 3 is 2.61 bits per heavy atom. The number of piperidine rings is 1. The van der Waals surface area contributed by atoms with Gasteiger partial charge in [-0.25, -0.2) is 0 Å². The molecule has 2 aromatic rings. The molecule has 0 radical (unpaired) electrons. The van der Waals surface area contributed by atoms with Crippen LogP contribution in [0.3, 0.4) is 0 Å². The molecule has 1 aliphatic rings. The van der Waals surface area contributed by atoms with Gasteiger partial charge >= 0.3 is 0 Å². The summed E-state index contributed by atoms with van der Waals surface area (Å²) in [6.07, 6.45) is 4.85. The zero-order valence-electron chi connectivity index (χ0n) is 15.7. The van der Waals surface area contributed by atoms with Crippen molar-refractivity contribution in [2.45, 2.75) is 31.9 Å². The van der Waals surface area contributed by atoms with Gasteiger partial charge in [0.2, 0.25) is 5.91 Å². The zero-order chi connectivity index (χ0) is 20.1. The standard InChI is InChI=1S/C22H26N2O4/c23-13-16-2-1-3-18(11-16)17-6-8-24(9-7-17)21(27)5-4-15-10-19(14-25)22(28)20(26)12-15/h1-5,10-12,17,25-26,28H,6-9,13-14,23H2. The zero-order valence-corrected chi connectivity index (χ0v) is 15.7. The summed E-state index contributed by atoms with van der Waals surface area (Å²) in [4.78, 5) is 14.3. The summed E-state index contributed by atoms with van der Waals surface area (Å²) in [5.41, 5.74) is 8.88. The molecule has 0 unspecified atom stereocenters. The number of benzene rings is 2. The summed E-state index contributed by atoms with van der Waals surface area (Å²) in [6, 6.07) is 11.2. The van der Waals surface area contributed by atoms with Gasteiger partial charge in [0.15, 0.2) is 11.5 Å². The summed E-state index contributed by atoms with van der Waals surface area (Å²) in [7, 11) is 0. The fourth-order valence-corrected chi connectivity index (χ4v) is 3.60. The predicted octanol–water partition coefficient (Wildman–Crippen LogP) is 2.47. The number of nitrogens with two attached hydrogens (primary N) is 1. The van der Waals surface area contributed by atoms with E-state index in [2.05, 4.69) is 12.1 Å². The number of nitrogens with zero attached hydrogens (tertiary/aromatic N) is 1. The lowest BCUT2D eigenvalue weighted by atomic mass is 9.88. The lowest BCUT2D eigenvalue weighted by molar-refractivity contribution is -0.126. The Balaban J connectivity index is 1.61.